The van der Waals surface area contributed by atoms with Crippen LogP contribution in [-0.2, 0) is 0 Å². The molecule has 382 valence electrons. The molecule has 17 rings (SSSR count). The van der Waals surface area contributed by atoms with Crippen molar-refractivity contribution in [3.63, 3.8) is 0 Å². The molecule has 0 amide bonds. The third-order valence-corrected chi connectivity index (χ3v) is 16.1. The predicted octanol–water partition coefficient (Wildman–Crippen LogP) is 17.1. The molecule has 0 aliphatic heterocycles. The highest BCUT2D eigenvalue weighted by Gasteiger charge is 2.25. The van der Waals surface area contributed by atoms with E-state index in [0.29, 0.717) is 35.2 Å². The number of hydrogen-bond acceptors (Lipinski definition) is 6. The van der Waals surface area contributed by atoms with E-state index in [2.05, 4.69) is 212 Å². The number of nitrogens with zero attached hydrogens (tertiary/aromatic N) is 10. The van der Waals surface area contributed by atoms with Crippen LogP contribution in [0.25, 0.3) is 156 Å². The Morgan fingerprint density at radius 2 is 0.512 bits per heavy atom. The van der Waals surface area contributed by atoms with Crippen LogP contribution in [0.15, 0.2) is 267 Å². The van der Waals surface area contributed by atoms with Gasteiger partial charge in [-0.25, -0.2) is 9.97 Å². The smallest absolute Gasteiger partial charge is 0.238 e. The Kier molecular flexibility index (Phi) is 10.1. The molecule has 6 aromatic heterocycles. The lowest BCUT2D eigenvalue weighted by Crippen LogP contribution is -2.06. The maximum Gasteiger partial charge on any atom is 0.238 e. The van der Waals surface area contributed by atoms with E-state index in [9.17, 15) is 0 Å². The van der Waals surface area contributed by atoms with Gasteiger partial charge in [0.05, 0.1) is 44.1 Å². The largest absolute Gasteiger partial charge is 0.309 e. The average molecular weight is 1050 g/mol. The van der Waals surface area contributed by atoms with Crippen LogP contribution >= 0.6 is 0 Å². The molecule has 82 heavy (non-hydrogen) atoms. The van der Waals surface area contributed by atoms with Gasteiger partial charge in [0, 0.05) is 76.7 Å². The molecule has 0 aliphatic rings. The molecule has 0 atom stereocenters. The fraction of sp³-hybridized carbons (Fsp3) is 0. The van der Waals surface area contributed by atoms with Crippen LogP contribution in [0, 0.1) is 0 Å². The first-order valence-corrected chi connectivity index (χ1v) is 27.5. The first-order valence-electron chi connectivity index (χ1n) is 27.5. The number of fused-ring (bicyclic) bond motifs is 13. The molecular weight excluding hydrogens is 1000 g/mol. The summed E-state index contributed by atoms with van der Waals surface area (Å²) in [5.74, 6) is 3.55. The van der Waals surface area contributed by atoms with Gasteiger partial charge in [-0.3, -0.25) is 9.13 Å². The minimum absolute atomic E-state index is 0.550. The van der Waals surface area contributed by atoms with Gasteiger partial charge >= 0.3 is 0 Å². The lowest BCUT2D eigenvalue weighted by Gasteiger charge is -2.13. The molecule has 6 heterocycles. The Labute approximate surface area is 468 Å². The van der Waals surface area contributed by atoms with Crippen molar-refractivity contribution in [2.45, 2.75) is 0 Å². The molecule has 0 bridgehead atoms. The van der Waals surface area contributed by atoms with Crippen LogP contribution < -0.4 is 0 Å². The molecule has 0 N–H and O–H groups in total. The van der Waals surface area contributed by atoms with Crippen molar-refractivity contribution in [1.29, 1.82) is 0 Å². The van der Waals surface area contributed by atoms with Gasteiger partial charge in [0.2, 0.25) is 11.9 Å². The highest BCUT2D eigenvalue weighted by Crippen LogP contribution is 2.44. The Hall–Kier alpha value is -11.4. The molecule has 0 saturated heterocycles. The van der Waals surface area contributed by atoms with Crippen molar-refractivity contribution < 1.29 is 0 Å². The number of para-hydroxylation sites is 4. The standard InChI is InChI=1S/C72H44N10/c1-5-22-45(23-6-1)67-73-68(46-24-7-2-8-25-46)76-71(75-67)81-60-39-20-16-35-54(60)66-62(81)41-40-61-65(66)53-34-15-19-38-59(53)79(61)49-30-21-31-50(42-49)80-57-36-17-13-32-51(57)55-43-56-52-33-14-18-37-58(52)82(64(56)44-63(55)80)72-77-69(47-26-9-3-10-27-47)74-70(78-72)48-28-11-4-12-29-48/h1-44H. The van der Waals surface area contributed by atoms with E-state index < -0.39 is 0 Å². The molecule has 0 radical (unpaired) electrons. The molecule has 0 unspecified atom stereocenters. The van der Waals surface area contributed by atoms with Gasteiger partial charge in [-0.15, -0.1) is 0 Å². The molecule has 0 spiro atoms. The highest BCUT2D eigenvalue weighted by atomic mass is 15.2. The molecule has 0 fully saturated rings. The van der Waals surface area contributed by atoms with Crippen LogP contribution in [-0.4, -0.2) is 48.2 Å². The summed E-state index contributed by atoms with van der Waals surface area (Å²) in [7, 11) is 0. The monoisotopic (exact) mass is 1050 g/mol. The van der Waals surface area contributed by atoms with Gasteiger partial charge in [-0.2, -0.15) is 19.9 Å². The highest BCUT2D eigenvalue weighted by molar-refractivity contribution is 6.29. The fourth-order valence-corrected chi connectivity index (χ4v) is 12.5. The van der Waals surface area contributed by atoms with Crippen molar-refractivity contribution in [2.24, 2.45) is 0 Å². The van der Waals surface area contributed by atoms with Crippen molar-refractivity contribution >= 4 is 87.2 Å². The minimum atomic E-state index is 0.550. The van der Waals surface area contributed by atoms with E-state index in [-0.39, 0.29) is 0 Å². The van der Waals surface area contributed by atoms with E-state index in [0.717, 1.165) is 115 Å². The summed E-state index contributed by atoms with van der Waals surface area (Å²) < 4.78 is 9.25. The van der Waals surface area contributed by atoms with Gasteiger partial charge in [0.15, 0.2) is 23.3 Å². The third kappa shape index (κ3) is 7.01. The van der Waals surface area contributed by atoms with Crippen LogP contribution in [0.3, 0.4) is 0 Å². The first kappa shape index (κ1) is 45.6. The molecule has 10 heteroatoms. The lowest BCUT2D eigenvalue weighted by molar-refractivity contribution is 0.953. The second-order valence-electron chi connectivity index (χ2n) is 20.7. The normalized spacial score (nSPS) is 11.9. The van der Waals surface area contributed by atoms with Gasteiger partial charge in [0.25, 0.3) is 0 Å². The SMILES string of the molecule is c1ccc(-c2nc(-c3ccccc3)nc(-n3c4ccccc4c4cc5c6ccccc6n(-c6cccc(-n7c8ccccc8c8c9c%10ccccc%10n(-c%10nc(-c%11ccccc%11)nc(-c%11ccccc%11)n%10)c9ccc87)c6)c5cc43)n2)cc1. The number of rotatable bonds is 8. The van der Waals surface area contributed by atoms with Gasteiger partial charge < -0.3 is 9.13 Å². The summed E-state index contributed by atoms with van der Waals surface area (Å²) in [5, 5.41) is 9.11. The molecule has 0 saturated carbocycles. The van der Waals surface area contributed by atoms with E-state index >= 15 is 0 Å². The predicted molar refractivity (Wildman–Crippen MR) is 332 cm³/mol. The van der Waals surface area contributed by atoms with E-state index in [1.54, 1.807) is 0 Å². The summed E-state index contributed by atoms with van der Waals surface area (Å²) >= 11 is 0. The van der Waals surface area contributed by atoms with Gasteiger partial charge in [-0.05, 0) is 66.7 Å². The van der Waals surface area contributed by atoms with Crippen molar-refractivity contribution in [2.75, 3.05) is 0 Å². The summed E-state index contributed by atoms with van der Waals surface area (Å²) in [6, 6.07) is 93.5. The Bertz CT molecular complexity index is 5270. The second kappa shape index (κ2) is 18.1. The summed E-state index contributed by atoms with van der Waals surface area (Å²) in [4.78, 5) is 31.1. The molecule has 10 nitrogen and oxygen atoms in total. The maximum atomic E-state index is 5.27. The van der Waals surface area contributed by atoms with Crippen molar-refractivity contribution in [3.8, 4) is 68.8 Å². The zero-order valence-corrected chi connectivity index (χ0v) is 43.9. The van der Waals surface area contributed by atoms with Crippen LogP contribution in [0.5, 0.6) is 0 Å². The first-order chi connectivity index (χ1) is 40.7. The summed E-state index contributed by atoms with van der Waals surface area (Å²) in [6.07, 6.45) is 0. The molecule has 11 aromatic carbocycles. The van der Waals surface area contributed by atoms with Crippen molar-refractivity contribution in [1.82, 2.24) is 48.2 Å². The molecule has 0 aliphatic carbocycles. The Morgan fingerprint density at radius 3 is 0.951 bits per heavy atom. The fourth-order valence-electron chi connectivity index (χ4n) is 12.5. The Balaban J connectivity index is 0.881. The quantitative estimate of drug-likeness (QED) is 0.150. The van der Waals surface area contributed by atoms with E-state index in [1.807, 2.05) is 72.8 Å². The van der Waals surface area contributed by atoms with Gasteiger partial charge in [-0.1, -0.05) is 200 Å². The summed E-state index contributed by atoms with van der Waals surface area (Å²) in [5.41, 5.74) is 14.1. The van der Waals surface area contributed by atoms with E-state index in [4.69, 9.17) is 29.9 Å². The maximum absolute atomic E-state index is 5.27. The minimum Gasteiger partial charge on any atom is -0.309 e. The third-order valence-electron chi connectivity index (χ3n) is 16.1. The molecular formula is C72H44N10. The lowest BCUT2D eigenvalue weighted by atomic mass is 10.1. The van der Waals surface area contributed by atoms with Crippen LogP contribution in [0.4, 0.5) is 0 Å². The zero-order chi connectivity index (χ0) is 53.8. The Morgan fingerprint density at radius 1 is 0.195 bits per heavy atom. The van der Waals surface area contributed by atoms with E-state index in [1.165, 1.54) is 5.39 Å². The van der Waals surface area contributed by atoms with Crippen LogP contribution in [0.1, 0.15) is 0 Å². The summed E-state index contributed by atoms with van der Waals surface area (Å²) in [6.45, 7) is 0. The topological polar surface area (TPSA) is 97.1 Å². The number of benzene rings is 11. The average Bonchev–Trinajstić information content (AvgIpc) is 4.32. The van der Waals surface area contributed by atoms with Gasteiger partial charge in [0.1, 0.15) is 0 Å². The number of aromatic nitrogens is 10. The molecule has 17 aromatic rings. The number of hydrogen-bond donors (Lipinski definition) is 0. The van der Waals surface area contributed by atoms with Crippen LogP contribution in [0.2, 0.25) is 0 Å². The van der Waals surface area contributed by atoms with Crippen molar-refractivity contribution in [3.05, 3.63) is 267 Å². The second-order valence-corrected chi connectivity index (χ2v) is 20.7. The zero-order valence-electron chi connectivity index (χ0n) is 43.9.